The van der Waals surface area contributed by atoms with Crippen LogP contribution in [-0.4, -0.2) is 48.1 Å². The topological polar surface area (TPSA) is 125 Å². The molecular formula is C17H17Cl2FN2O7. The minimum Gasteiger partial charge on any atom is -0.465 e. The first-order valence-electron chi connectivity index (χ1n) is 8.20. The van der Waals surface area contributed by atoms with Crippen LogP contribution in [0, 0.1) is 21.8 Å². The molecule has 1 unspecified atom stereocenters. The van der Waals surface area contributed by atoms with Crippen molar-refractivity contribution in [3.8, 4) is 0 Å². The van der Waals surface area contributed by atoms with Crippen LogP contribution in [0.4, 0.5) is 10.1 Å². The molecule has 0 saturated carbocycles. The molecular weight excluding hydrogens is 434 g/mol. The lowest BCUT2D eigenvalue weighted by atomic mass is 9.97. The first-order chi connectivity index (χ1) is 13.5. The van der Waals surface area contributed by atoms with Crippen molar-refractivity contribution in [1.29, 1.82) is 0 Å². The number of carbonyl (C=O) groups excluding carboxylic acids is 3. The van der Waals surface area contributed by atoms with Gasteiger partial charge in [-0.3, -0.25) is 29.5 Å². The third kappa shape index (κ3) is 6.47. The van der Waals surface area contributed by atoms with Gasteiger partial charge in [-0.2, -0.15) is 0 Å². The molecule has 0 amide bonds. The quantitative estimate of drug-likeness (QED) is 0.107. The van der Waals surface area contributed by atoms with Gasteiger partial charge in [-0.25, -0.2) is 4.39 Å². The van der Waals surface area contributed by atoms with Crippen LogP contribution in [0.3, 0.4) is 0 Å². The SMILES string of the molecule is CCOC(=O)C(C=N[C@@H](C)COC(C)=O)C(=O)c1cc(F)c(Cl)c([N+](=O)[O-])c1Cl. The van der Waals surface area contributed by atoms with E-state index in [4.69, 9.17) is 32.7 Å². The molecule has 0 heterocycles. The average Bonchev–Trinajstić information content (AvgIpc) is 2.63. The molecule has 0 spiro atoms. The number of rotatable bonds is 9. The molecule has 29 heavy (non-hydrogen) atoms. The lowest BCUT2D eigenvalue weighted by molar-refractivity contribution is -0.384. The van der Waals surface area contributed by atoms with Crippen molar-refractivity contribution in [2.45, 2.75) is 26.8 Å². The Morgan fingerprint density at radius 2 is 1.93 bits per heavy atom. The average molecular weight is 451 g/mol. The summed E-state index contributed by atoms with van der Waals surface area (Å²) in [4.78, 5) is 49.9. The molecule has 0 aliphatic carbocycles. The summed E-state index contributed by atoms with van der Waals surface area (Å²) >= 11 is 11.4. The molecule has 0 bridgehead atoms. The Bertz CT molecular complexity index is 861. The number of Topliss-reactive ketones (excluding diaryl/α,β-unsaturated/α-hetero) is 1. The second kappa shape index (κ2) is 10.8. The highest BCUT2D eigenvalue weighted by Gasteiger charge is 2.34. The summed E-state index contributed by atoms with van der Waals surface area (Å²) in [7, 11) is 0. The largest absolute Gasteiger partial charge is 0.465 e. The molecule has 12 heteroatoms. The van der Waals surface area contributed by atoms with Gasteiger partial charge in [-0.05, 0) is 19.9 Å². The maximum atomic E-state index is 14.0. The van der Waals surface area contributed by atoms with Gasteiger partial charge in [0.2, 0.25) is 0 Å². The number of nitro groups is 1. The Kier molecular flexibility index (Phi) is 9.12. The van der Waals surface area contributed by atoms with Crippen LogP contribution in [0.25, 0.3) is 0 Å². The maximum Gasteiger partial charge on any atom is 0.322 e. The van der Waals surface area contributed by atoms with Crippen LogP contribution in [0.5, 0.6) is 0 Å². The van der Waals surface area contributed by atoms with Gasteiger partial charge in [0.1, 0.15) is 17.4 Å². The minimum atomic E-state index is -1.66. The van der Waals surface area contributed by atoms with Gasteiger partial charge < -0.3 is 9.47 Å². The third-order valence-electron chi connectivity index (χ3n) is 3.42. The fraction of sp³-hybridized carbons (Fsp3) is 0.412. The van der Waals surface area contributed by atoms with Gasteiger partial charge >= 0.3 is 17.6 Å². The summed E-state index contributed by atoms with van der Waals surface area (Å²) in [6, 6.07) is -0.0158. The van der Waals surface area contributed by atoms with Crippen molar-refractivity contribution in [3.63, 3.8) is 0 Å². The summed E-state index contributed by atoms with van der Waals surface area (Å²) in [6.45, 7) is 4.07. The Labute approximate surface area is 174 Å². The monoisotopic (exact) mass is 450 g/mol. The zero-order valence-electron chi connectivity index (χ0n) is 15.6. The van der Waals surface area contributed by atoms with Gasteiger partial charge in [-0.15, -0.1) is 0 Å². The van der Waals surface area contributed by atoms with Gasteiger partial charge in [0.15, 0.2) is 16.7 Å². The lowest BCUT2D eigenvalue weighted by Crippen LogP contribution is -2.29. The third-order valence-corrected chi connectivity index (χ3v) is 4.16. The number of ketones is 1. The lowest BCUT2D eigenvalue weighted by Gasteiger charge is -2.13. The number of nitrogens with zero attached hydrogens (tertiary/aromatic N) is 2. The fourth-order valence-corrected chi connectivity index (χ4v) is 2.66. The molecule has 0 saturated heterocycles. The van der Waals surface area contributed by atoms with E-state index in [1.54, 1.807) is 6.92 Å². The smallest absolute Gasteiger partial charge is 0.322 e. The van der Waals surface area contributed by atoms with Crippen LogP contribution in [0.1, 0.15) is 31.1 Å². The van der Waals surface area contributed by atoms with Crippen LogP contribution >= 0.6 is 23.2 Å². The summed E-state index contributed by atoms with van der Waals surface area (Å²) in [5.41, 5.74) is -1.63. The second-order valence-electron chi connectivity index (χ2n) is 5.68. The van der Waals surface area contributed by atoms with E-state index in [0.717, 1.165) is 6.21 Å². The fourth-order valence-electron chi connectivity index (χ4n) is 2.08. The molecule has 0 N–H and O–H groups in total. The molecule has 1 aromatic rings. The standard InChI is InChI=1S/C17H17Cl2FN2O7/c1-4-28-17(25)11(6-21-8(2)7-29-9(3)23)16(24)10-5-12(20)14(19)15(13(10)18)22(26)27/h5-6,8,11H,4,7H2,1-3H3/t8-,11?/m0/s1. The molecule has 2 atom stereocenters. The summed E-state index contributed by atoms with van der Waals surface area (Å²) < 4.78 is 23.6. The highest BCUT2D eigenvalue weighted by Crippen LogP contribution is 2.38. The van der Waals surface area contributed by atoms with Crippen molar-refractivity contribution in [2.75, 3.05) is 13.2 Å². The van der Waals surface area contributed by atoms with E-state index < -0.39 is 61.7 Å². The number of aliphatic imine (C=N–C) groups is 1. The van der Waals surface area contributed by atoms with Crippen molar-refractivity contribution in [2.24, 2.45) is 10.9 Å². The molecule has 0 fully saturated rings. The number of hydrogen-bond donors (Lipinski definition) is 0. The summed E-state index contributed by atoms with van der Waals surface area (Å²) in [5.74, 6) is -5.55. The van der Waals surface area contributed by atoms with Crippen LogP contribution in [0.15, 0.2) is 11.1 Å². The number of nitro benzene ring substituents is 1. The molecule has 158 valence electrons. The number of halogens is 3. The van der Waals surface area contributed by atoms with E-state index in [1.807, 2.05) is 0 Å². The van der Waals surface area contributed by atoms with E-state index in [9.17, 15) is 28.9 Å². The van der Waals surface area contributed by atoms with Crippen LogP contribution in [-0.2, 0) is 19.1 Å². The van der Waals surface area contributed by atoms with Gasteiger partial charge in [0, 0.05) is 18.7 Å². The van der Waals surface area contributed by atoms with E-state index in [2.05, 4.69) is 4.99 Å². The zero-order chi connectivity index (χ0) is 22.3. The van der Waals surface area contributed by atoms with Gasteiger partial charge in [0.05, 0.1) is 17.6 Å². The Hall–Kier alpha value is -2.59. The Balaban J connectivity index is 3.33. The first-order valence-corrected chi connectivity index (χ1v) is 8.96. The molecule has 0 aromatic heterocycles. The van der Waals surface area contributed by atoms with E-state index in [1.165, 1.54) is 13.8 Å². The van der Waals surface area contributed by atoms with Crippen LogP contribution in [0.2, 0.25) is 10.0 Å². The Morgan fingerprint density at radius 1 is 1.31 bits per heavy atom. The Morgan fingerprint density at radius 3 is 2.45 bits per heavy atom. The molecule has 0 radical (unpaired) electrons. The van der Waals surface area contributed by atoms with Gasteiger partial charge in [-0.1, -0.05) is 23.2 Å². The predicted molar refractivity (Wildman–Crippen MR) is 102 cm³/mol. The molecule has 0 aliphatic heterocycles. The van der Waals surface area contributed by atoms with Gasteiger partial charge in [0.25, 0.3) is 0 Å². The number of ether oxygens (including phenoxy) is 2. The van der Waals surface area contributed by atoms with E-state index in [0.29, 0.717) is 6.07 Å². The molecule has 0 aliphatic rings. The van der Waals surface area contributed by atoms with Crippen molar-refractivity contribution < 1.29 is 33.2 Å². The minimum absolute atomic E-state index is 0.0671. The normalized spacial score (nSPS) is 13.0. The van der Waals surface area contributed by atoms with Crippen molar-refractivity contribution >= 4 is 52.8 Å². The van der Waals surface area contributed by atoms with Crippen molar-refractivity contribution in [1.82, 2.24) is 0 Å². The van der Waals surface area contributed by atoms with Crippen LogP contribution < -0.4 is 0 Å². The molecule has 1 rings (SSSR count). The van der Waals surface area contributed by atoms with E-state index in [-0.39, 0.29) is 13.2 Å². The zero-order valence-corrected chi connectivity index (χ0v) is 17.1. The number of esters is 2. The highest BCUT2D eigenvalue weighted by atomic mass is 35.5. The summed E-state index contributed by atoms with van der Waals surface area (Å²) in [6.07, 6.45) is 0.934. The van der Waals surface area contributed by atoms with E-state index >= 15 is 0 Å². The highest BCUT2D eigenvalue weighted by molar-refractivity contribution is 6.41. The molecule has 9 nitrogen and oxygen atoms in total. The number of hydrogen-bond acceptors (Lipinski definition) is 8. The second-order valence-corrected chi connectivity index (χ2v) is 6.44. The number of carbonyl (C=O) groups is 3. The predicted octanol–water partition coefficient (Wildman–Crippen LogP) is 3.43. The maximum absolute atomic E-state index is 14.0. The number of benzene rings is 1. The van der Waals surface area contributed by atoms with Crippen molar-refractivity contribution in [3.05, 3.63) is 37.6 Å². The summed E-state index contributed by atoms with van der Waals surface area (Å²) in [5, 5.41) is 9.53. The molecule has 1 aromatic carbocycles. The first kappa shape index (κ1) is 24.4.